The molecule has 2 N–H and O–H groups in total. The number of nitrogens with one attached hydrogen (secondary N) is 2. The molecule has 2 amide bonds. The molecule has 2 heterocycles. The van der Waals surface area contributed by atoms with Crippen LogP contribution in [0.25, 0.3) is 0 Å². The summed E-state index contributed by atoms with van der Waals surface area (Å²) in [4.78, 5) is 27.8. The maximum absolute atomic E-state index is 14.3. The summed E-state index contributed by atoms with van der Waals surface area (Å²) in [5.74, 6) is -0.732. The summed E-state index contributed by atoms with van der Waals surface area (Å²) >= 11 is 0. The van der Waals surface area contributed by atoms with Crippen molar-refractivity contribution >= 4 is 11.7 Å². The van der Waals surface area contributed by atoms with Gasteiger partial charge in [0.25, 0.3) is 0 Å². The molecule has 0 bridgehead atoms. The van der Waals surface area contributed by atoms with Gasteiger partial charge in [0.15, 0.2) is 0 Å². The summed E-state index contributed by atoms with van der Waals surface area (Å²) in [5.41, 5.74) is -0.813. The van der Waals surface area contributed by atoms with Crippen molar-refractivity contribution < 1.29 is 22.4 Å². The Hall–Kier alpha value is -3.69. The zero-order valence-corrected chi connectivity index (χ0v) is 15.6. The van der Waals surface area contributed by atoms with Gasteiger partial charge in [0.05, 0.1) is 11.3 Å². The second-order valence-electron chi connectivity index (χ2n) is 6.39. The van der Waals surface area contributed by atoms with Crippen molar-refractivity contribution in [2.75, 3.05) is 5.32 Å². The number of carbonyl (C=O) groups excluding carboxylic acids is 1. The van der Waals surface area contributed by atoms with Crippen LogP contribution in [0.1, 0.15) is 22.9 Å². The molecular weight excluding hydrogens is 404 g/mol. The average Bonchev–Trinajstić information content (AvgIpc) is 2.69. The molecule has 1 aromatic carbocycles. The third-order valence-electron chi connectivity index (χ3n) is 4.25. The molecule has 156 valence electrons. The van der Waals surface area contributed by atoms with Crippen molar-refractivity contribution in [3.05, 3.63) is 93.9 Å². The van der Waals surface area contributed by atoms with Gasteiger partial charge in [-0.15, -0.1) is 0 Å². The Morgan fingerprint density at radius 1 is 1.10 bits per heavy atom. The van der Waals surface area contributed by atoms with E-state index in [4.69, 9.17) is 0 Å². The summed E-state index contributed by atoms with van der Waals surface area (Å²) < 4.78 is 54.1. The molecule has 0 aliphatic carbocycles. The van der Waals surface area contributed by atoms with Gasteiger partial charge in [0.1, 0.15) is 17.6 Å². The number of nitrogens with zero attached hydrogens (tertiary/aromatic N) is 2. The first-order valence-electron chi connectivity index (χ1n) is 8.67. The van der Waals surface area contributed by atoms with Crippen molar-refractivity contribution in [3.63, 3.8) is 0 Å². The van der Waals surface area contributed by atoms with E-state index in [1.165, 1.54) is 42.2 Å². The number of anilines is 1. The first-order valence-corrected chi connectivity index (χ1v) is 8.67. The fraction of sp³-hybridized carbons (Fsp3) is 0.150. The molecule has 1 atom stereocenters. The van der Waals surface area contributed by atoms with Crippen LogP contribution in [0.4, 0.5) is 28.0 Å². The van der Waals surface area contributed by atoms with Crippen molar-refractivity contribution in [3.8, 4) is 0 Å². The zero-order chi connectivity index (χ0) is 21.9. The van der Waals surface area contributed by atoms with Gasteiger partial charge in [-0.05, 0) is 35.9 Å². The Bertz CT molecular complexity index is 1110. The van der Waals surface area contributed by atoms with E-state index in [9.17, 15) is 27.2 Å². The Labute approximate surface area is 168 Å². The highest BCUT2D eigenvalue weighted by molar-refractivity contribution is 5.89. The molecule has 2 aromatic heterocycles. The van der Waals surface area contributed by atoms with Crippen molar-refractivity contribution in [1.82, 2.24) is 14.9 Å². The Kier molecular flexibility index (Phi) is 5.86. The van der Waals surface area contributed by atoms with E-state index >= 15 is 0 Å². The lowest BCUT2D eigenvalue weighted by atomic mass is 10.0. The lowest BCUT2D eigenvalue weighted by Gasteiger charge is -2.20. The molecule has 30 heavy (non-hydrogen) atoms. The molecule has 0 saturated heterocycles. The molecule has 3 aromatic rings. The van der Waals surface area contributed by atoms with Gasteiger partial charge in [-0.3, -0.25) is 9.78 Å². The van der Waals surface area contributed by atoms with Gasteiger partial charge in [-0.1, -0.05) is 12.1 Å². The van der Waals surface area contributed by atoms with Gasteiger partial charge in [-0.25, -0.2) is 9.18 Å². The number of urea groups is 1. The number of pyridine rings is 2. The molecule has 1 unspecified atom stereocenters. The van der Waals surface area contributed by atoms with Crippen molar-refractivity contribution in [2.45, 2.75) is 12.2 Å². The SMILES string of the molecule is Cn1cc(NC(=O)NC(c2ccc(C(F)(F)F)cc2)c2ncccc2F)ccc1=O. The predicted octanol–water partition coefficient (Wildman–Crippen LogP) is 3.85. The topological polar surface area (TPSA) is 76.0 Å². The van der Waals surface area contributed by atoms with E-state index in [2.05, 4.69) is 15.6 Å². The number of aryl methyl sites for hydroxylation is 1. The quantitative estimate of drug-likeness (QED) is 0.630. The third-order valence-corrected chi connectivity index (χ3v) is 4.25. The van der Waals surface area contributed by atoms with Gasteiger partial charge < -0.3 is 15.2 Å². The number of hydrogen-bond donors (Lipinski definition) is 2. The second kappa shape index (κ2) is 8.36. The van der Waals surface area contributed by atoms with E-state index in [0.29, 0.717) is 5.69 Å². The minimum absolute atomic E-state index is 0.159. The summed E-state index contributed by atoms with van der Waals surface area (Å²) in [6.45, 7) is 0. The number of amides is 2. The molecule has 0 radical (unpaired) electrons. The Morgan fingerprint density at radius 3 is 2.40 bits per heavy atom. The van der Waals surface area contributed by atoms with E-state index in [1.54, 1.807) is 0 Å². The van der Waals surface area contributed by atoms with Crippen LogP contribution in [0.3, 0.4) is 0 Å². The smallest absolute Gasteiger partial charge is 0.325 e. The van der Waals surface area contributed by atoms with E-state index in [1.807, 2.05) is 0 Å². The zero-order valence-electron chi connectivity index (χ0n) is 15.6. The molecule has 10 heteroatoms. The normalized spacial score (nSPS) is 12.3. The van der Waals surface area contributed by atoms with Crippen LogP contribution < -0.4 is 16.2 Å². The van der Waals surface area contributed by atoms with Crippen LogP contribution in [-0.4, -0.2) is 15.6 Å². The lowest BCUT2D eigenvalue weighted by Crippen LogP contribution is -2.34. The number of alkyl halides is 3. The number of aromatic nitrogens is 2. The van der Waals surface area contributed by atoms with Crippen LogP contribution in [0.2, 0.25) is 0 Å². The summed E-state index contributed by atoms with van der Waals surface area (Å²) in [5, 5.41) is 5.01. The molecule has 0 spiro atoms. The van der Waals surface area contributed by atoms with Crippen LogP contribution in [0.5, 0.6) is 0 Å². The minimum Gasteiger partial charge on any atom is -0.325 e. The fourth-order valence-corrected chi connectivity index (χ4v) is 2.75. The monoisotopic (exact) mass is 420 g/mol. The summed E-state index contributed by atoms with van der Waals surface area (Å²) in [7, 11) is 1.50. The molecule has 0 saturated carbocycles. The number of hydrogen-bond acceptors (Lipinski definition) is 3. The van der Waals surface area contributed by atoms with Crippen LogP contribution in [0.15, 0.2) is 65.7 Å². The number of benzene rings is 1. The van der Waals surface area contributed by atoms with Gasteiger partial charge in [0.2, 0.25) is 5.56 Å². The van der Waals surface area contributed by atoms with Gasteiger partial charge in [0, 0.05) is 25.5 Å². The van der Waals surface area contributed by atoms with Crippen molar-refractivity contribution in [2.24, 2.45) is 7.05 Å². The molecule has 3 rings (SSSR count). The summed E-state index contributed by atoms with van der Waals surface area (Å²) in [6, 6.07) is 7.19. The molecule has 0 fully saturated rings. The van der Waals surface area contributed by atoms with Crippen LogP contribution >= 0.6 is 0 Å². The van der Waals surface area contributed by atoms with Gasteiger partial charge >= 0.3 is 12.2 Å². The van der Waals surface area contributed by atoms with E-state index in [0.717, 1.165) is 30.3 Å². The molecule has 0 aliphatic rings. The largest absolute Gasteiger partial charge is 0.416 e. The number of carbonyl (C=O) groups is 1. The first-order chi connectivity index (χ1) is 14.1. The lowest BCUT2D eigenvalue weighted by molar-refractivity contribution is -0.137. The average molecular weight is 420 g/mol. The second-order valence-corrected chi connectivity index (χ2v) is 6.39. The number of rotatable bonds is 4. The van der Waals surface area contributed by atoms with E-state index in [-0.39, 0.29) is 16.8 Å². The van der Waals surface area contributed by atoms with E-state index < -0.39 is 29.6 Å². The van der Waals surface area contributed by atoms with Crippen LogP contribution in [0, 0.1) is 5.82 Å². The highest BCUT2D eigenvalue weighted by Gasteiger charge is 2.31. The fourth-order valence-electron chi connectivity index (χ4n) is 2.75. The standard InChI is InChI=1S/C20H16F4N4O2/c1-28-11-14(8-9-16(28)29)26-19(30)27-17(18-15(21)3-2-10-25-18)12-4-6-13(7-5-12)20(22,23)24/h2-11,17H,1H3,(H2,26,27,30). The van der Waals surface area contributed by atoms with Crippen molar-refractivity contribution in [1.29, 1.82) is 0 Å². The molecule has 6 nitrogen and oxygen atoms in total. The maximum Gasteiger partial charge on any atom is 0.416 e. The highest BCUT2D eigenvalue weighted by Crippen LogP contribution is 2.31. The molecule has 0 aliphatic heterocycles. The first kappa shape index (κ1) is 21.0. The highest BCUT2D eigenvalue weighted by atomic mass is 19.4. The summed E-state index contributed by atoms with van der Waals surface area (Å²) in [6.07, 6.45) is -1.84. The third kappa shape index (κ3) is 4.83. The Morgan fingerprint density at radius 2 is 1.80 bits per heavy atom. The Balaban J connectivity index is 1.90. The van der Waals surface area contributed by atoms with Crippen LogP contribution in [-0.2, 0) is 13.2 Å². The predicted molar refractivity (Wildman–Crippen MR) is 101 cm³/mol. The number of halogens is 4. The molecular formula is C20H16F4N4O2. The van der Waals surface area contributed by atoms with Gasteiger partial charge in [-0.2, -0.15) is 13.2 Å². The maximum atomic E-state index is 14.3. The minimum atomic E-state index is -4.53.